The van der Waals surface area contributed by atoms with E-state index in [-0.39, 0.29) is 0 Å². The number of benzene rings is 1. The topological polar surface area (TPSA) is 12.0 Å². The normalized spacial score (nSPS) is 18.4. The predicted octanol–water partition coefficient (Wildman–Crippen LogP) is 4.44. The van der Waals surface area contributed by atoms with Crippen LogP contribution in [0, 0.1) is 3.57 Å². The van der Waals surface area contributed by atoms with Crippen LogP contribution in [0.5, 0.6) is 0 Å². The van der Waals surface area contributed by atoms with Gasteiger partial charge in [-0.25, -0.2) is 0 Å². The van der Waals surface area contributed by atoms with E-state index in [1.54, 1.807) is 5.57 Å². The second-order valence-electron chi connectivity index (χ2n) is 4.65. The van der Waals surface area contributed by atoms with Crippen molar-refractivity contribution in [3.63, 3.8) is 0 Å². The summed E-state index contributed by atoms with van der Waals surface area (Å²) in [5, 5.41) is 3.46. The van der Waals surface area contributed by atoms with Crippen molar-refractivity contribution < 1.29 is 0 Å². The lowest BCUT2D eigenvalue weighted by atomic mass is 9.95. The summed E-state index contributed by atoms with van der Waals surface area (Å²) < 4.78 is 1.30. The summed E-state index contributed by atoms with van der Waals surface area (Å²) in [4.78, 5) is 0. The molecule has 1 aromatic rings. The minimum atomic E-state index is 0.407. The Balaban J connectivity index is 2.20. The summed E-state index contributed by atoms with van der Waals surface area (Å²) in [5.41, 5.74) is 2.97. The zero-order chi connectivity index (χ0) is 12.1. The fourth-order valence-electron chi connectivity index (χ4n) is 2.52. The third kappa shape index (κ3) is 3.55. The standard InChI is InChI=1S/C15H20IN/c1-17-15(12-6-4-2-3-5-7-12)13-8-10-14(16)11-9-13/h6,8-11,15,17H,2-5,7H2,1H3. The Kier molecular flexibility index (Phi) is 5.04. The van der Waals surface area contributed by atoms with Gasteiger partial charge in [0.2, 0.25) is 0 Å². The van der Waals surface area contributed by atoms with Crippen LogP contribution in [0.25, 0.3) is 0 Å². The van der Waals surface area contributed by atoms with Crippen LogP contribution in [-0.4, -0.2) is 7.05 Å². The van der Waals surface area contributed by atoms with Gasteiger partial charge in [-0.1, -0.05) is 30.2 Å². The van der Waals surface area contributed by atoms with Gasteiger partial charge in [0.15, 0.2) is 0 Å². The third-order valence-electron chi connectivity index (χ3n) is 3.44. The summed E-state index contributed by atoms with van der Waals surface area (Å²) in [6, 6.07) is 9.28. The van der Waals surface area contributed by atoms with E-state index in [0.717, 1.165) is 0 Å². The van der Waals surface area contributed by atoms with E-state index in [0.29, 0.717) is 6.04 Å². The van der Waals surface area contributed by atoms with Gasteiger partial charge in [0.05, 0.1) is 6.04 Å². The third-order valence-corrected chi connectivity index (χ3v) is 4.16. The zero-order valence-corrected chi connectivity index (χ0v) is 12.5. The van der Waals surface area contributed by atoms with Crippen molar-refractivity contribution in [2.24, 2.45) is 0 Å². The predicted molar refractivity (Wildman–Crippen MR) is 82.1 cm³/mol. The fourth-order valence-corrected chi connectivity index (χ4v) is 2.88. The van der Waals surface area contributed by atoms with E-state index in [1.165, 1.54) is 41.2 Å². The van der Waals surface area contributed by atoms with Gasteiger partial charge < -0.3 is 5.32 Å². The lowest BCUT2D eigenvalue weighted by molar-refractivity contribution is 0.628. The molecule has 2 rings (SSSR count). The highest BCUT2D eigenvalue weighted by atomic mass is 127. The molecule has 17 heavy (non-hydrogen) atoms. The lowest BCUT2D eigenvalue weighted by Crippen LogP contribution is -2.18. The van der Waals surface area contributed by atoms with E-state index in [2.05, 4.69) is 65.3 Å². The minimum Gasteiger partial charge on any atom is -0.310 e. The zero-order valence-electron chi connectivity index (χ0n) is 10.4. The van der Waals surface area contributed by atoms with Gasteiger partial charge in [0, 0.05) is 3.57 Å². The average Bonchev–Trinajstić information content (AvgIpc) is 2.62. The van der Waals surface area contributed by atoms with Crippen molar-refractivity contribution in [1.29, 1.82) is 0 Å². The number of likely N-dealkylation sites (N-methyl/N-ethyl adjacent to an activating group) is 1. The maximum atomic E-state index is 3.46. The largest absolute Gasteiger partial charge is 0.310 e. The molecular weight excluding hydrogens is 321 g/mol. The average molecular weight is 341 g/mol. The molecule has 2 heteroatoms. The van der Waals surface area contributed by atoms with Crippen LogP contribution < -0.4 is 5.32 Å². The number of allylic oxidation sites excluding steroid dienone is 1. The van der Waals surface area contributed by atoms with E-state index < -0.39 is 0 Å². The maximum absolute atomic E-state index is 3.46. The van der Waals surface area contributed by atoms with Crippen LogP contribution in [0.2, 0.25) is 0 Å². The van der Waals surface area contributed by atoms with E-state index in [9.17, 15) is 0 Å². The monoisotopic (exact) mass is 341 g/mol. The van der Waals surface area contributed by atoms with Crippen LogP contribution in [0.3, 0.4) is 0 Å². The lowest BCUT2D eigenvalue weighted by Gasteiger charge is -2.20. The Morgan fingerprint density at radius 3 is 2.59 bits per heavy atom. The Morgan fingerprint density at radius 2 is 1.88 bits per heavy atom. The first kappa shape index (κ1) is 13.1. The molecule has 0 radical (unpaired) electrons. The van der Waals surface area contributed by atoms with Crippen LogP contribution in [0.4, 0.5) is 0 Å². The van der Waals surface area contributed by atoms with Crippen LogP contribution in [0.1, 0.15) is 43.7 Å². The molecule has 0 saturated carbocycles. The highest BCUT2D eigenvalue weighted by Crippen LogP contribution is 2.29. The van der Waals surface area contributed by atoms with Crippen molar-refractivity contribution in [3.8, 4) is 0 Å². The Labute approximate surface area is 118 Å². The Hall–Kier alpha value is -0.350. The van der Waals surface area contributed by atoms with E-state index >= 15 is 0 Å². The molecule has 0 aromatic heterocycles. The molecule has 1 unspecified atom stereocenters. The van der Waals surface area contributed by atoms with Crippen molar-refractivity contribution in [2.45, 2.75) is 38.1 Å². The van der Waals surface area contributed by atoms with Gasteiger partial charge >= 0.3 is 0 Å². The molecule has 92 valence electrons. The highest BCUT2D eigenvalue weighted by molar-refractivity contribution is 14.1. The molecule has 1 atom stereocenters. The fraction of sp³-hybridized carbons (Fsp3) is 0.467. The first-order chi connectivity index (χ1) is 8.31. The Bertz CT molecular complexity index is 380. The van der Waals surface area contributed by atoms with Crippen LogP contribution in [0.15, 0.2) is 35.9 Å². The van der Waals surface area contributed by atoms with Gasteiger partial charge in [-0.3, -0.25) is 0 Å². The van der Waals surface area contributed by atoms with Crippen molar-refractivity contribution >= 4 is 22.6 Å². The quantitative estimate of drug-likeness (QED) is 0.633. The number of hydrogen-bond donors (Lipinski definition) is 1. The molecule has 1 N–H and O–H groups in total. The number of halogens is 1. The maximum Gasteiger partial charge on any atom is 0.0533 e. The SMILES string of the molecule is CNC(C1=CCCCCC1)c1ccc(I)cc1. The summed E-state index contributed by atoms with van der Waals surface area (Å²) in [6.07, 6.45) is 9.02. The van der Waals surface area contributed by atoms with Gasteiger partial charge in [0.1, 0.15) is 0 Å². The van der Waals surface area contributed by atoms with Crippen molar-refractivity contribution in [2.75, 3.05) is 7.05 Å². The number of nitrogens with one attached hydrogen (secondary N) is 1. The molecule has 1 aliphatic rings. The number of hydrogen-bond acceptors (Lipinski definition) is 1. The second kappa shape index (κ2) is 6.55. The van der Waals surface area contributed by atoms with Gasteiger partial charge in [0.25, 0.3) is 0 Å². The smallest absolute Gasteiger partial charge is 0.0533 e. The van der Waals surface area contributed by atoms with Crippen LogP contribution in [-0.2, 0) is 0 Å². The molecule has 0 fully saturated rings. The molecule has 0 bridgehead atoms. The Morgan fingerprint density at radius 1 is 1.12 bits per heavy atom. The molecule has 0 saturated heterocycles. The van der Waals surface area contributed by atoms with Gasteiger partial charge in [-0.2, -0.15) is 0 Å². The molecule has 0 spiro atoms. The van der Waals surface area contributed by atoms with Crippen molar-refractivity contribution in [3.05, 3.63) is 45.0 Å². The molecular formula is C15H20IN. The van der Waals surface area contributed by atoms with Gasteiger partial charge in [-0.05, 0) is 73.0 Å². The first-order valence-electron chi connectivity index (χ1n) is 6.43. The van der Waals surface area contributed by atoms with Gasteiger partial charge in [-0.15, -0.1) is 0 Å². The summed E-state index contributed by atoms with van der Waals surface area (Å²) in [6.45, 7) is 0. The summed E-state index contributed by atoms with van der Waals surface area (Å²) in [7, 11) is 2.06. The molecule has 1 aliphatic carbocycles. The van der Waals surface area contributed by atoms with E-state index in [1.807, 2.05) is 0 Å². The molecule has 1 nitrogen and oxygen atoms in total. The van der Waals surface area contributed by atoms with E-state index in [4.69, 9.17) is 0 Å². The summed E-state index contributed by atoms with van der Waals surface area (Å²) in [5.74, 6) is 0. The molecule has 0 aliphatic heterocycles. The minimum absolute atomic E-state index is 0.407. The first-order valence-corrected chi connectivity index (χ1v) is 7.51. The van der Waals surface area contributed by atoms with Crippen molar-refractivity contribution in [1.82, 2.24) is 5.32 Å². The van der Waals surface area contributed by atoms with Crippen LogP contribution >= 0.6 is 22.6 Å². The molecule has 0 heterocycles. The molecule has 1 aromatic carbocycles. The second-order valence-corrected chi connectivity index (χ2v) is 5.90. The number of rotatable bonds is 3. The summed E-state index contributed by atoms with van der Waals surface area (Å²) >= 11 is 2.36. The highest BCUT2D eigenvalue weighted by Gasteiger charge is 2.15. The molecule has 0 amide bonds.